The molecule has 0 heterocycles. The molecule has 1 atom stereocenters. The maximum Gasteiger partial charge on any atom is 0.258 e. The predicted octanol–water partition coefficient (Wildman–Crippen LogP) is 2.92. The third-order valence-electron chi connectivity index (χ3n) is 4.09. The summed E-state index contributed by atoms with van der Waals surface area (Å²) in [6.45, 7) is 2.10. The summed E-state index contributed by atoms with van der Waals surface area (Å²) >= 11 is 0. The number of rotatable bonds is 6. The molecule has 1 aliphatic carbocycles. The molecule has 0 aliphatic heterocycles. The topological polar surface area (TPSA) is 64.3 Å². The second kappa shape index (κ2) is 8.03. The zero-order valence-electron chi connectivity index (χ0n) is 12.8. The van der Waals surface area contributed by atoms with Gasteiger partial charge in [-0.25, -0.2) is 0 Å². The molecule has 0 saturated heterocycles. The van der Waals surface area contributed by atoms with Crippen molar-refractivity contribution in [2.75, 3.05) is 6.61 Å². The highest BCUT2D eigenvalue weighted by Gasteiger charge is 2.16. The molecule has 0 aromatic heterocycles. The van der Waals surface area contributed by atoms with Gasteiger partial charge in [0.25, 0.3) is 5.91 Å². The zero-order valence-corrected chi connectivity index (χ0v) is 12.8. The molecule has 0 spiro atoms. The highest BCUT2D eigenvalue weighted by molar-refractivity contribution is 5.77. The third-order valence-corrected chi connectivity index (χ3v) is 4.09. The lowest BCUT2D eigenvalue weighted by Gasteiger charge is -2.23. The Kier molecular flexibility index (Phi) is 6.05. The molecule has 1 aromatic carbocycles. The van der Waals surface area contributed by atoms with Crippen molar-refractivity contribution in [3.8, 4) is 5.75 Å². The van der Waals surface area contributed by atoms with Gasteiger partial charge in [0.05, 0.1) is 0 Å². The summed E-state index contributed by atoms with van der Waals surface area (Å²) in [5.74, 6) is 0.674. The van der Waals surface area contributed by atoms with Crippen LogP contribution in [0.15, 0.2) is 24.3 Å². The van der Waals surface area contributed by atoms with Gasteiger partial charge in [0.15, 0.2) is 6.61 Å². The van der Waals surface area contributed by atoms with E-state index < -0.39 is 0 Å². The monoisotopic (exact) mass is 290 g/mol. The number of para-hydroxylation sites is 1. The van der Waals surface area contributed by atoms with Crippen molar-refractivity contribution in [1.29, 1.82) is 0 Å². The van der Waals surface area contributed by atoms with Crippen molar-refractivity contribution < 1.29 is 9.53 Å². The largest absolute Gasteiger partial charge is 0.483 e. The van der Waals surface area contributed by atoms with E-state index >= 15 is 0 Å². The van der Waals surface area contributed by atoms with Crippen LogP contribution in [0, 0.1) is 0 Å². The molecule has 0 unspecified atom stereocenters. The molecule has 116 valence electrons. The van der Waals surface area contributed by atoms with Crippen LogP contribution in [0.3, 0.4) is 0 Å². The molecule has 0 bridgehead atoms. The second-order valence-electron chi connectivity index (χ2n) is 5.74. The first-order chi connectivity index (χ1) is 10.2. The average Bonchev–Trinajstić information content (AvgIpc) is 2.53. The number of amides is 1. The van der Waals surface area contributed by atoms with Crippen molar-refractivity contribution >= 4 is 5.91 Å². The van der Waals surface area contributed by atoms with Crippen LogP contribution in [0.25, 0.3) is 0 Å². The van der Waals surface area contributed by atoms with Gasteiger partial charge in [0.2, 0.25) is 0 Å². The van der Waals surface area contributed by atoms with Crippen molar-refractivity contribution in [1.82, 2.24) is 5.32 Å². The highest BCUT2D eigenvalue weighted by Crippen LogP contribution is 2.25. The van der Waals surface area contributed by atoms with Gasteiger partial charge in [0, 0.05) is 17.6 Å². The molecule has 1 fully saturated rings. The lowest BCUT2D eigenvalue weighted by Crippen LogP contribution is -2.39. The number of ether oxygens (including phenoxy) is 1. The van der Waals surface area contributed by atoms with Crippen molar-refractivity contribution in [2.24, 2.45) is 5.73 Å². The van der Waals surface area contributed by atoms with Crippen LogP contribution in [0.4, 0.5) is 0 Å². The Balaban J connectivity index is 1.86. The number of carbonyl (C=O) groups is 1. The fraction of sp³-hybridized carbons (Fsp3) is 0.588. The summed E-state index contributed by atoms with van der Waals surface area (Å²) in [5.41, 5.74) is 7.03. The average molecular weight is 290 g/mol. The van der Waals surface area contributed by atoms with Gasteiger partial charge < -0.3 is 15.8 Å². The quantitative estimate of drug-likeness (QED) is 0.846. The minimum atomic E-state index is -0.0531. The number of benzene rings is 1. The Bertz CT molecular complexity index is 456. The van der Waals surface area contributed by atoms with Crippen LogP contribution in [0.5, 0.6) is 5.75 Å². The lowest BCUT2D eigenvalue weighted by atomic mass is 9.95. The molecule has 4 nitrogen and oxygen atoms in total. The van der Waals surface area contributed by atoms with E-state index in [0.717, 1.165) is 24.8 Å². The fourth-order valence-electron chi connectivity index (χ4n) is 2.80. The van der Waals surface area contributed by atoms with E-state index in [2.05, 4.69) is 5.32 Å². The molecule has 1 aromatic rings. The van der Waals surface area contributed by atoms with Gasteiger partial charge in [-0.15, -0.1) is 0 Å². The molecule has 2 rings (SSSR count). The fourth-order valence-corrected chi connectivity index (χ4v) is 2.80. The number of nitrogens with one attached hydrogen (secondary N) is 1. The third kappa shape index (κ3) is 4.74. The molecule has 4 heteroatoms. The van der Waals surface area contributed by atoms with Crippen LogP contribution >= 0.6 is 0 Å². The van der Waals surface area contributed by atoms with Crippen LogP contribution in [0.2, 0.25) is 0 Å². The van der Waals surface area contributed by atoms with Crippen LogP contribution in [0.1, 0.15) is 57.1 Å². The Morgan fingerprint density at radius 1 is 1.33 bits per heavy atom. The molecule has 1 amide bonds. The zero-order chi connectivity index (χ0) is 15.1. The summed E-state index contributed by atoms with van der Waals surface area (Å²) in [5, 5.41) is 3.06. The summed E-state index contributed by atoms with van der Waals surface area (Å²) in [4.78, 5) is 12.0. The maximum atomic E-state index is 12.0. The smallest absolute Gasteiger partial charge is 0.258 e. The first-order valence-electron chi connectivity index (χ1n) is 7.97. The summed E-state index contributed by atoms with van der Waals surface area (Å²) in [6, 6.07) is 7.95. The molecular weight excluding hydrogens is 264 g/mol. The molecule has 1 aliphatic rings. The summed E-state index contributed by atoms with van der Waals surface area (Å²) in [7, 11) is 0. The standard InChI is InChI=1S/C17H26N2O2/c1-2-15(18)14-10-6-7-11-16(14)21-12-17(20)19-13-8-4-3-5-9-13/h6-7,10-11,13,15H,2-5,8-9,12,18H2,1H3,(H,19,20)/t15-/m0/s1. The Morgan fingerprint density at radius 2 is 2.05 bits per heavy atom. The molecule has 0 radical (unpaired) electrons. The minimum absolute atomic E-state index is 0.0400. The van der Waals surface area contributed by atoms with Gasteiger partial charge >= 0.3 is 0 Å². The number of nitrogens with two attached hydrogens (primary N) is 1. The van der Waals surface area contributed by atoms with E-state index in [9.17, 15) is 4.79 Å². The van der Waals surface area contributed by atoms with Crippen LogP contribution in [-0.4, -0.2) is 18.6 Å². The van der Waals surface area contributed by atoms with Gasteiger partial charge in [-0.3, -0.25) is 4.79 Å². The normalized spacial score (nSPS) is 17.2. The first-order valence-corrected chi connectivity index (χ1v) is 7.97. The molecule has 1 saturated carbocycles. The van der Waals surface area contributed by atoms with E-state index in [1.807, 2.05) is 31.2 Å². The van der Waals surface area contributed by atoms with E-state index in [1.165, 1.54) is 19.3 Å². The Labute approximate surface area is 127 Å². The van der Waals surface area contributed by atoms with Crippen molar-refractivity contribution in [2.45, 2.75) is 57.5 Å². The van der Waals surface area contributed by atoms with E-state index in [4.69, 9.17) is 10.5 Å². The van der Waals surface area contributed by atoms with Gasteiger partial charge in [0.1, 0.15) is 5.75 Å². The van der Waals surface area contributed by atoms with E-state index in [1.54, 1.807) is 0 Å². The minimum Gasteiger partial charge on any atom is -0.483 e. The Morgan fingerprint density at radius 3 is 2.76 bits per heavy atom. The SMILES string of the molecule is CC[C@H](N)c1ccccc1OCC(=O)NC1CCCCC1. The van der Waals surface area contributed by atoms with Gasteiger partial charge in [-0.1, -0.05) is 44.4 Å². The molecular formula is C17H26N2O2. The Hall–Kier alpha value is -1.55. The number of hydrogen-bond donors (Lipinski definition) is 2. The molecule has 21 heavy (non-hydrogen) atoms. The van der Waals surface area contributed by atoms with Gasteiger partial charge in [-0.05, 0) is 25.3 Å². The van der Waals surface area contributed by atoms with Crippen molar-refractivity contribution in [3.63, 3.8) is 0 Å². The maximum absolute atomic E-state index is 12.0. The number of hydrogen-bond acceptors (Lipinski definition) is 3. The van der Waals surface area contributed by atoms with E-state index in [0.29, 0.717) is 11.8 Å². The van der Waals surface area contributed by atoms with Crippen LogP contribution < -0.4 is 15.8 Å². The first kappa shape index (κ1) is 15.8. The summed E-state index contributed by atoms with van der Waals surface area (Å²) < 4.78 is 5.67. The van der Waals surface area contributed by atoms with Gasteiger partial charge in [-0.2, -0.15) is 0 Å². The van der Waals surface area contributed by atoms with Crippen molar-refractivity contribution in [3.05, 3.63) is 29.8 Å². The number of carbonyl (C=O) groups excluding carboxylic acids is 1. The lowest BCUT2D eigenvalue weighted by molar-refractivity contribution is -0.124. The summed E-state index contributed by atoms with van der Waals surface area (Å²) in [6.07, 6.45) is 6.71. The second-order valence-corrected chi connectivity index (χ2v) is 5.74. The highest BCUT2D eigenvalue weighted by atomic mass is 16.5. The van der Waals surface area contributed by atoms with E-state index in [-0.39, 0.29) is 18.6 Å². The molecule has 3 N–H and O–H groups in total. The predicted molar refractivity (Wildman–Crippen MR) is 84.2 cm³/mol. The van der Waals surface area contributed by atoms with Crippen LogP contribution in [-0.2, 0) is 4.79 Å².